The molecule has 0 unspecified atom stereocenters. The summed E-state index contributed by atoms with van der Waals surface area (Å²) in [6.45, 7) is 12.0. The van der Waals surface area contributed by atoms with Gasteiger partial charge in [0.1, 0.15) is 0 Å². The van der Waals surface area contributed by atoms with E-state index in [1.54, 1.807) is 0 Å². The Morgan fingerprint density at radius 2 is 0.909 bits per heavy atom. The predicted octanol–water partition coefficient (Wildman–Crippen LogP) is 5.05. The van der Waals surface area contributed by atoms with E-state index in [1.807, 2.05) is 0 Å². The van der Waals surface area contributed by atoms with Gasteiger partial charge in [0.05, 0.1) is 0 Å². The van der Waals surface area contributed by atoms with E-state index in [9.17, 15) is 0 Å². The molecule has 0 amide bonds. The number of hydrogen-bond acceptors (Lipinski definition) is 1. The molecule has 0 rings (SSSR count). The second-order valence-corrected chi connectivity index (χ2v) is 6.08. The Morgan fingerprint density at radius 3 is 1.09 bits per heavy atom. The van der Waals surface area contributed by atoms with Crippen LogP contribution in [-0.4, -0.2) is 52.4 Å². The molecule has 0 bridgehead atoms. The SMILES string of the molecule is O=P(O)(O)O.[CH2-]CCCCCCC.[CH2-]CCCCCCC.[Ca+2]. The smallest absolute Gasteiger partial charge is 0.343 e. The van der Waals surface area contributed by atoms with E-state index in [4.69, 9.17) is 19.2 Å². The summed E-state index contributed by atoms with van der Waals surface area (Å²) in [6.07, 6.45) is 16.0. The van der Waals surface area contributed by atoms with Crippen molar-refractivity contribution in [3.63, 3.8) is 0 Å². The van der Waals surface area contributed by atoms with Gasteiger partial charge >= 0.3 is 45.6 Å². The summed E-state index contributed by atoms with van der Waals surface area (Å²) in [7, 11) is -4.64. The average molecular weight is 365 g/mol. The molecule has 3 N–H and O–H groups in total. The molecule has 0 spiro atoms. The first-order chi connectivity index (χ1) is 9.83. The van der Waals surface area contributed by atoms with Gasteiger partial charge in [-0.05, 0) is 0 Å². The predicted molar refractivity (Wildman–Crippen MR) is 97.5 cm³/mol. The van der Waals surface area contributed by atoms with Crippen LogP contribution in [0.3, 0.4) is 0 Å². The molecule has 0 saturated heterocycles. The van der Waals surface area contributed by atoms with Gasteiger partial charge in [0.2, 0.25) is 0 Å². The number of unbranched alkanes of at least 4 members (excludes halogenated alkanes) is 10. The maximum Gasteiger partial charge on any atom is 2.00 e. The Morgan fingerprint density at radius 1 is 0.682 bits per heavy atom. The first-order valence-corrected chi connectivity index (χ1v) is 9.76. The molecule has 6 heteroatoms. The Labute approximate surface area is 168 Å². The molecule has 0 aliphatic carbocycles. The van der Waals surface area contributed by atoms with E-state index < -0.39 is 7.82 Å². The molecule has 0 aromatic heterocycles. The third kappa shape index (κ3) is 68.6. The van der Waals surface area contributed by atoms with E-state index in [1.165, 1.54) is 64.2 Å². The minimum Gasteiger partial charge on any atom is -0.343 e. The zero-order valence-corrected chi connectivity index (χ0v) is 17.9. The van der Waals surface area contributed by atoms with Crippen LogP contribution in [0.25, 0.3) is 0 Å². The van der Waals surface area contributed by atoms with Gasteiger partial charge in [0.15, 0.2) is 0 Å². The van der Waals surface area contributed by atoms with Crippen molar-refractivity contribution in [2.75, 3.05) is 0 Å². The molecular weight excluding hydrogens is 327 g/mol. The second-order valence-electron chi connectivity index (χ2n) is 5.05. The molecule has 0 heterocycles. The Kier molecular flexibility index (Phi) is 38.6. The van der Waals surface area contributed by atoms with Crippen LogP contribution in [0.1, 0.15) is 90.9 Å². The minimum absolute atomic E-state index is 0. The van der Waals surface area contributed by atoms with Gasteiger partial charge in [-0.25, -0.2) is 4.57 Å². The molecule has 0 fully saturated rings. The van der Waals surface area contributed by atoms with Gasteiger partial charge in [-0.15, -0.1) is 0 Å². The molecule has 0 saturated carbocycles. The Hall–Kier alpha value is 1.37. The fraction of sp³-hybridized carbons (Fsp3) is 0.875. The van der Waals surface area contributed by atoms with Crippen LogP contribution >= 0.6 is 7.82 Å². The first kappa shape index (κ1) is 31.2. The zero-order chi connectivity index (χ0) is 17.0. The van der Waals surface area contributed by atoms with Crippen molar-refractivity contribution in [3.05, 3.63) is 13.8 Å². The van der Waals surface area contributed by atoms with Gasteiger partial charge in [-0.1, -0.05) is 78.1 Å². The maximum absolute atomic E-state index is 8.88. The summed E-state index contributed by atoms with van der Waals surface area (Å²) in [4.78, 5) is 21.6. The van der Waals surface area contributed by atoms with Crippen molar-refractivity contribution >= 4 is 45.6 Å². The van der Waals surface area contributed by atoms with E-state index in [0.29, 0.717) is 0 Å². The van der Waals surface area contributed by atoms with E-state index in [-0.39, 0.29) is 37.7 Å². The monoisotopic (exact) mass is 364 g/mol. The molecule has 0 atom stereocenters. The Balaban J connectivity index is -0.000000111. The molecule has 0 aromatic carbocycles. The number of hydrogen-bond donors (Lipinski definition) is 3. The molecule has 4 nitrogen and oxygen atoms in total. The van der Waals surface area contributed by atoms with Crippen molar-refractivity contribution in [1.29, 1.82) is 0 Å². The maximum atomic E-state index is 8.88. The molecule has 0 aliphatic heterocycles. The van der Waals surface area contributed by atoms with E-state index in [0.717, 1.165) is 12.8 Å². The van der Waals surface area contributed by atoms with Gasteiger partial charge in [0, 0.05) is 0 Å². The molecule has 22 heavy (non-hydrogen) atoms. The molecule has 0 aromatic rings. The first-order valence-electron chi connectivity index (χ1n) is 8.20. The van der Waals surface area contributed by atoms with Crippen molar-refractivity contribution < 1.29 is 19.2 Å². The van der Waals surface area contributed by atoms with Crippen molar-refractivity contribution in [1.82, 2.24) is 0 Å². The summed E-state index contributed by atoms with van der Waals surface area (Å²) in [6, 6.07) is 0. The normalized spacial score (nSPS) is 9.77. The van der Waals surface area contributed by atoms with Crippen LogP contribution in [-0.2, 0) is 4.57 Å². The van der Waals surface area contributed by atoms with Crippen molar-refractivity contribution in [2.45, 2.75) is 90.9 Å². The van der Waals surface area contributed by atoms with Crippen LogP contribution in [0.5, 0.6) is 0 Å². The third-order valence-electron chi connectivity index (χ3n) is 2.71. The average Bonchev–Trinajstić information content (AvgIpc) is 2.39. The molecule has 132 valence electrons. The summed E-state index contributed by atoms with van der Waals surface area (Å²) < 4.78 is 8.88. The van der Waals surface area contributed by atoms with E-state index in [2.05, 4.69) is 27.7 Å². The van der Waals surface area contributed by atoms with Gasteiger partial charge in [-0.2, -0.15) is 12.8 Å². The third-order valence-corrected chi connectivity index (χ3v) is 2.71. The fourth-order valence-corrected chi connectivity index (χ4v) is 1.56. The fourth-order valence-electron chi connectivity index (χ4n) is 1.56. The standard InChI is InChI=1S/2C8H17.Ca.H3O4P/c2*1-3-5-7-8-6-4-2;;1-5(2,3)4/h2*1,3-8H2,2H3;;(H3,1,2,3,4)/q2*-1;+2;. The second kappa shape index (κ2) is 27.2. The molecular formula is C16H37CaO4P. The van der Waals surface area contributed by atoms with Crippen LogP contribution in [0.15, 0.2) is 0 Å². The van der Waals surface area contributed by atoms with Crippen LogP contribution in [0, 0.1) is 13.8 Å². The van der Waals surface area contributed by atoms with Gasteiger partial charge in [-0.3, -0.25) is 0 Å². The molecule has 0 radical (unpaired) electrons. The summed E-state index contributed by atoms with van der Waals surface area (Å²) in [5.74, 6) is 0. The van der Waals surface area contributed by atoms with Crippen LogP contribution in [0.4, 0.5) is 0 Å². The van der Waals surface area contributed by atoms with Gasteiger partial charge in [0.25, 0.3) is 0 Å². The van der Waals surface area contributed by atoms with Crippen molar-refractivity contribution in [2.24, 2.45) is 0 Å². The van der Waals surface area contributed by atoms with E-state index >= 15 is 0 Å². The number of phosphoric acid groups is 1. The summed E-state index contributed by atoms with van der Waals surface area (Å²) >= 11 is 0. The topological polar surface area (TPSA) is 77.8 Å². The summed E-state index contributed by atoms with van der Waals surface area (Å²) in [5, 5.41) is 0. The largest absolute Gasteiger partial charge is 2.00 e. The van der Waals surface area contributed by atoms with Crippen LogP contribution in [0.2, 0.25) is 0 Å². The number of rotatable bonds is 10. The van der Waals surface area contributed by atoms with Gasteiger partial charge < -0.3 is 28.5 Å². The zero-order valence-electron chi connectivity index (χ0n) is 14.8. The summed E-state index contributed by atoms with van der Waals surface area (Å²) in [5.41, 5.74) is 0. The quantitative estimate of drug-likeness (QED) is 0.219. The minimum atomic E-state index is -4.64. The van der Waals surface area contributed by atoms with Crippen LogP contribution < -0.4 is 0 Å². The van der Waals surface area contributed by atoms with Crippen molar-refractivity contribution in [3.8, 4) is 0 Å². The molecule has 0 aliphatic rings. The Bertz CT molecular complexity index is 178.